The van der Waals surface area contributed by atoms with Crippen LogP contribution < -0.4 is 10.5 Å². The Hall–Kier alpha value is -2.09. The van der Waals surface area contributed by atoms with E-state index >= 15 is 0 Å². The molecule has 0 bridgehead atoms. The van der Waals surface area contributed by atoms with Crippen molar-refractivity contribution >= 4 is 16.8 Å². The Labute approximate surface area is 166 Å². The van der Waals surface area contributed by atoms with Gasteiger partial charge in [-0.15, -0.1) is 0 Å². The van der Waals surface area contributed by atoms with Gasteiger partial charge in [0, 0.05) is 63.0 Å². The summed E-state index contributed by atoms with van der Waals surface area (Å²) in [4.78, 5) is 16.5. The average molecular weight is 386 g/mol. The average Bonchev–Trinajstić information content (AvgIpc) is 3.31. The van der Waals surface area contributed by atoms with Gasteiger partial charge in [0.1, 0.15) is 12.3 Å². The topological polar surface area (TPSA) is 73.0 Å². The number of fused-ring (bicyclic) bond motifs is 1. The molecule has 2 aliphatic heterocycles. The third-order valence-corrected chi connectivity index (χ3v) is 5.84. The number of hydrogen-bond donors (Lipinski definition) is 1. The van der Waals surface area contributed by atoms with Crippen LogP contribution in [0.3, 0.4) is 0 Å². The Morgan fingerprint density at radius 1 is 1.25 bits per heavy atom. The maximum absolute atomic E-state index is 11.5. The minimum absolute atomic E-state index is 0.192. The quantitative estimate of drug-likeness (QED) is 0.779. The van der Waals surface area contributed by atoms with Gasteiger partial charge in [-0.3, -0.25) is 14.6 Å². The highest BCUT2D eigenvalue weighted by Crippen LogP contribution is 2.27. The summed E-state index contributed by atoms with van der Waals surface area (Å²) in [6.45, 7) is 7.26. The van der Waals surface area contributed by atoms with E-state index in [2.05, 4.69) is 22.1 Å². The summed E-state index contributed by atoms with van der Waals surface area (Å²) in [5, 5.41) is 1.13. The number of amides is 1. The van der Waals surface area contributed by atoms with Crippen molar-refractivity contribution in [3.05, 3.63) is 30.0 Å². The molecule has 152 valence electrons. The first-order valence-corrected chi connectivity index (χ1v) is 10.1. The summed E-state index contributed by atoms with van der Waals surface area (Å²) in [5.74, 6) is 0.494. The van der Waals surface area contributed by atoms with Gasteiger partial charge in [0.15, 0.2) is 0 Å². The summed E-state index contributed by atoms with van der Waals surface area (Å²) in [6.07, 6.45) is 4.88. The first-order valence-electron chi connectivity index (χ1n) is 10.1. The van der Waals surface area contributed by atoms with Gasteiger partial charge < -0.3 is 19.8 Å². The van der Waals surface area contributed by atoms with E-state index in [0.29, 0.717) is 6.10 Å². The standard InChI is InChI=1S/C21H30N4O3/c1-27-17-4-5-20-19(11-17)16(13-25(20)15-21(22)26)12-23-6-8-24(9-7-23)14-18-3-2-10-28-18/h4-5,11,13,18H,2-3,6-10,12,14-15H2,1H3,(H2,22,26)/t18-/m0/s1. The molecule has 1 amide bonds. The van der Waals surface area contributed by atoms with Crippen molar-refractivity contribution in [3.8, 4) is 5.75 Å². The molecule has 1 aromatic carbocycles. The molecule has 2 aromatic rings. The SMILES string of the molecule is COc1ccc2c(c1)c(CN1CCN(C[C@@H]3CCCO3)CC1)cn2CC(N)=O. The molecule has 0 spiro atoms. The van der Waals surface area contributed by atoms with Crippen molar-refractivity contribution in [3.63, 3.8) is 0 Å². The van der Waals surface area contributed by atoms with Crippen molar-refractivity contribution in [1.82, 2.24) is 14.4 Å². The van der Waals surface area contributed by atoms with Crippen LogP contribution in [-0.2, 0) is 22.6 Å². The third kappa shape index (κ3) is 4.32. The zero-order valence-electron chi connectivity index (χ0n) is 16.6. The molecule has 7 nitrogen and oxygen atoms in total. The summed E-state index contributed by atoms with van der Waals surface area (Å²) in [5.41, 5.74) is 7.67. The maximum atomic E-state index is 11.5. The Balaban J connectivity index is 1.44. The fourth-order valence-electron chi connectivity index (χ4n) is 4.35. The van der Waals surface area contributed by atoms with E-state index in [1.54, 1.807) is 7.11 Å². The molecule has 3 heterocycles. The smallest absolute Gasteiger partial charge is 0.237 e. The van der Waals surface area contributed by atoms with Crippen molar-refractivity contribution in [2.45, 2.75) is 32.0 Å². The van der Waals surface area contributed by atoms with Gasteiger partial charge in [-0.05, 0) is 36.6 Å². The van der Waals surface area contributed by atoms with Crippen LogP contribution in [0, 0.1) is 0 Å². The number of nitrogens with zero attached hydrogens (tertiary/aromatic N) is 3. The number of ether oxygens (including phenoxy) is 2. The van der Waals surface area contributed by atoms with Gasteiger partial charge in [-0.1, -0.05) is 0 Å². The van der Waals surface area contributed by atoms with Crippen LogP contribution in [0.2, 0.25) is 0 Å². The van der Waals surface area contributed by atoms with Gasteiger partial charge >= 0.3 is 0 Å². The van der Waals surface area contributed by atoms with E-state index in [1.807, 2.05) is 16.7 Å². The molecule has 7 heteroatoms. The fourth-order valence-corrected chi connectivity index (χ4v) is 4.35. The summed E-state index contributed by atoms with van der Waals surface area (Å²) in [7, 11) is 1.68. The van der Waals surface area contributed by atoms with E-state index < -0.39 is 0 Å². The van der Waals surface area contributed by atoms with E-state index in [0.717, 1.165) is 62.5 Å². The molecule has 0 saturated carbocycles. The van der Waals surface area contributed by atoms with Gasteiger partial charge in [-0.25, -0.2) is 0 Å². The Morgan fingerprint density at radius 2 is 2.04 bits per heavy atom. The Kier molecular flexibility index (Phi) is 5.85. The van der Waals surface area contributed by atoms with E-state index in [4.69, 9.17) is 15.2 Å². The number of benzene rings is 1. The number of piperazine rings is 1. The number of carbonyl (C=O) groups is 1. The van der Waals surface area contributed by atoms with E-state index in [9.17, 15) is 4.79 Å². The second kappa shape index (κ2) is 8.51. The van der Waals surface area contributed by atoms with Crippen LogP contribution >= 0.6 is 0 Å². The summed E-state index contributed by atoms with van der Waals surface area (Å²) < 4.78 is 13.1. The molecule has 1 aromatic heterocycles. The first kappa shape index (κ1) is 19.2. The molecule has 28 heavy (non-hydrogen) atoms. The van der Waals surface area contributed by atoms with Crippen LogP contribution in [0.1, 0.15) is 18.4 Å². The van der Waals surface area contributed by atoms with Crippen LogP contribution in [0.5, 0.6) is 5.75 Å². The maximum Gasteiger partial charge on any atom is 0.237 e. The van der Waals surface area contributed by atoms with Gasteiger partial charge in [0.2, 0.25) is 5.91 Å². The third-order valence-electron chi connectivity index (χ3n) is 5.84. The zero-order chi connectivity index (χ0) is 19.5. The number of hydrogen-bond acceptors (Lipinski definition) is 5. The molecule has 2 fully saturated rings. The monoisotopic (exact) mass is 386 g/mol. The molecular formula is C21H30N4O3. The lowest BCUT2D eigenvalue weighted by Crippen LogP contribution is -2.48. The van der Waals surface area contributed by atoms with Crippen LogP contribution in [0.15, 0.2) is 24.4 Å². The molecule has 2 aliphatic rings. The molecular weight excluding hydrogens is 356 g/mol. The number of nitrogens with two attached hydrogens (primary N) is 1. The van der Waals surface area contributed by atoms with Crippen LogP contribution in [-0.4, -0.2) is 72.8 Å². The predicted molar refractivity (Wildman–Crippen MR) is 108 cm³/mol. The predicted octanol–water partition coefficient (Wildman–Crippen LogP) is 1.43. The van der Waals surface area contributed by atoms with Crippen molar-refractivity contribution in [1.29, 1.82) is 0 Å². The molecule has 4 rings (SSSR count). The number of aromatic nitrogens is 1. The van der Waals surface area contributed by atoms with Gasteiger partial charge in [0.05, 0.1) is 13.2 Å². The largest absolute Gasteiger partial charge is 0.497 e. The molecule has 0 unspecified atom stereocenters. The van der Waals surface area contributed by atoms with Gasteiger partial charge in [-0.2, -0.15) is 0 Å². The van der Waals surface area contributed by atoms with E-state index in [-0.39, 0.29) is 12.5 Å². The lowest BCUT2D eigenvalue weighted by molar-refractivity contribution is -0.118. The molecule has 0 radical (unpaired) electrons. The first-order chi connectivity index (χ1) is 13.6. The van der Waals surface area contributed by atoms with Crippen LogP contribution in [0.25, 0.3) is 10.9 Å². The zero-order valence-corrected chi connectivity index (χ0v) is 16.6. The molecule has 2 saturated heterocycles. The Bertz CT molecular complexity index is 820. The Morgan fingerprint density at radius 3 is 2.71 bits per heavy atom. The van der Waals surface area contributed by atoms with Gasteiger partial charge in [0.25, 0.3) is 0 Å². The summed E-state index contributed by atoms with van der Waals surface area (Å²) in [6, 6.07) is 5.98. The molecule has 1 atom stereocenters. The highest BCUT2D eigenvalue weighted by atomic mass is 16.5. The fraction of sp³-hybridized carbons (Fsp3) is 0.571. The highest BCUT2D eigenvalue weighted by Gasteiger charge is 2.23. The summed E-state index contributed by atoms with van der Waals surface area (Å²) >= 11 is 0. The normalized spacial score (nSPS) is 21.4. The lowest BCUT2D eigenvalue weighted by atomic mass is 10.1. The van der Waals surface area contributed by atoms with Crippen molar-refractivity contribution < 1.29 is 14.3 Å². The van der Waals surface area contributed by atoms with E-state index in [1.165, 1.54) is 18.4 Å². The van der Waals surface area contributed by atoms with Crippen molar-refractivity contribution in [2.24, 2.45) is 5.73 Å². The van der Waals surface area contributed by atoms with Crippen LogP contribution in [0.4, 0.5) is 0 Å². The van der Waals surface area contributed by atoms with Crippen molar-refractivity contribution in [2.75, 3.05) is 46.4 Å². The minimum Gasteiger partial charge on any atom is -0.497 e. The minimum atomic E-state index is -0.331. The second-order valence-electron chi connectivity index (χ2n) is 7.84. The highest BCUT2D eigenvalue weighted by molar-refractivity contribution is 5.87. The molecule has 0 aliphatic carbocycles. The molecule has 2 N–H and O–H groups in total. The number of carbonyl (C=O) groups excluding carboxylic acids is 1. The number of rotatable bonds is 7. The lowest BCUT2D eigenvalue weighted by Gasteiger charge is -2.35. The number of primary amides is 1. The number of methoxy groups -OCH3 is 1. The second-order valence-corrected chi connectivity index (χ2v) is 7.84.